The van der Waals surface area contributed by atoms with Crippen LogP contribution in [0, 0.1) is 5.92 Å². The smallest absolute Gasteiger partial charge is 0.229 e. The van der Waals surface area contributed by atoms with E-state index in [1.807, 2.05) is 18.2 Å². The van der Waals surface area contributed by atoms with Crippen molar-refractivity contribution in [3.05, 3.63) is 24.4 Å². The Morgan fingerprint density at radius 1 is 1.35 bits per heavy atom. The third-order valence-electron chi connectivity index (χ3n) is 2.49. The van der Waals surface area contributed by atoms with Crippen LogP contribution in [0.5, 0.6) is 0 Å². The third-order valence-corrected chi connectivity index (χ3v) is 3.35. The van der Waals surface area contributed by atoms with Crippen LogP contribution in [0.4, 0.5) is 5.13 Å². The summed E-state index contributed by atoms with van der Waals surface area (Å²) in [7, 11) is 0. The number of nitrogens with zero attached hydrogens (tertiary/aromatic N) is 3. The number of aromatic nitrogens is 3. The highest BCUT2D eigenvalue weighted by atomic mass is 32.1. The molecule has 0 bridgehead atoms. The average molecular weight is 246 g/mol. The molecule has 0 atom stereocenters. The predicted molar refractivity (Wildman–Crippen MR) is 64.5 cm³/mol. The van der Waals surface area contributed by atoms with Crippen LogP contribution in [0.25, 0.3) is 10.7 Å². The van der Waals surface area contributed by atoms with Crippen LogP contribution in [-0.4, -0.2) is 21.1 Å². The lowest BCUT2D eigenvalue weighted by molar-refractivity contribution is -0.117. The quantitative estimate of drug-likeness (QED) is 0.898. The number of hydrogen-bond acceptors (Lipinski definition) is 5. The van der Waals surface area contributed by atoms with Crippen molar-refractivity contribution in [2.75, 3.05) is 5.32 Å². The van der Waals surface area contributed by atoms with E-state index in [1.165, 1.54) is 11.3 Å². The second-order valence-electron chi connectivity index (χ2n) is 3.89. The topological polar surface area (TPSA) is 67.8 Å². The van der Waals surface area contributed by atoms with Crippen molar-refractivity contribution < 1.29 is 4.79 Å². The van der Waals surface area contributed by atoms with Crippen molar-refractivity contribution in [3.63, 3.8) is 0 Å². The second-order valence-corrected chi connectivity index (χ2v) is 4.87. The molecule has 0 saturated heterocycles. The first-order valence-corrected chi connectivity index (χ1v) is 6.20. The molecule has 0 aromatic carbocycles. The predicted octanol–water partition coefficient (Wildman–Crippen LogP) is 1.95. The summed E-state index contributed by atoms with van der Waals surface area (Å²) < 4.78 is 0. The molecular formula is C11H10N4OS. The lowest BCUT2D eigenvalue weighted by atomic mass is 10.4. The molecule has 3 rings (SSSR count). The Morgan fingerprint density at radius 2 is 2.24 bits per heavy atom. The van der Waals surface area contributed by atoms with Crippen LogP contribution in [0.3, 0.4) is 0 Å². The summed E-state index contributed by atoms with van der Waals surface area (Å²) >= 11 is 1.34. The molecule has 5 nitrogen and oxygen atoms in total. The van der Waals surface area contributed by atoms with E-state index in [-0.39, 0.29) is 11.8 Å². The summed E-state index contributed by atoms with van der Waals surface area (Å²) in [4.78, 5) is 15.7. The van der Waals surface area contributed by atoms with Gasteiger partial charge in [-0.25, -0.2) is 0 Å². The summed E-state index contributed by atoms with van der Waals surface area (Å²) in [5.41, 5.74) is 0.775. The summed E-state index contributed by atoms with van der Waals surface area (Å²) in [6.45, 7) is 0. The Balaban J connectivity index is 1.76. The van der Waals surface area contributed by atoms with Crippen molar-refractivity contribution in [1.82, 2.24) is 15.2 Å². The Labute approximate surface area is 102 Å². The van der Waals surface area contributed by atoms with Gasteiger partial charge in [-0.3, -0.25) is 9.78 Å². The van der Waals surface area contributed by atoms with Gasteiger partial charge in [-0.2, -0.15) is 0 Å². The molecule has 17 heavy (non-hydrogen) atoms. The normalized spacial score (nSPS) is 14.6. The van der Waals surface area contributed by atoms with Crippen molar-refractivity contribution in [2.24, 2.45) is 5.92 Å². The first-order valence-electron chi connectivity index (χ1n) is 5.39. The first-order chi connectivity index (χ1) is 8.33. The van der Waals surface area contributed by atoms with Crippen molar-refractivity contribution in [1.29, 1.82) is 0 Å². The Hall–Kier alpha value is -1.82. The minimum absolute atomic E-state index is 0.0497. The van der Waals surface area contributed by atoms with E-state index in [2.05, 4.69) is 20.5 Å². The van der Waals surface area contributed by atoms with Crippen molar-refractivity contribution >= 4 is 22.4 Å². The van der Waals surface area contributed by atoms with Crippen LogP contribution in [0.2, 0.25) is 0 Å². The molecule has 86 valence electrons. The Bertz CT molecular complexity index is 535. The van der Waals surface area contributed by atoms with Gasteiger partial charge in [0.15, 0.2) is 5.01 Å². The number of anilines is 1. The molecule has 1 N–H and O–H groups in total. The van der Waals surface area contributed by atoms with Gasteiger partial charge in [-0.15, -0.1) is 10.2 Å². The van der Waals surface area contributed by atoms with Crippen LogP contribution < -0.4 is 5.32 Å². The zero-order valence-corrected chi connectivity index (χ0v) is 9.78. The molecule has 0 unspecified atom stereocenters. The molecule has 0 aliphatic heterocycles. The molecule has 1 amide bonds. The molecule has 0 radical (unpaired) electrons. The van der Waals surface area contributed by atoms with Gasteiger partial charge < -0.3 is 5.32 Å². The first kappa shape index (κ1) is 10.3. The number of rotatable bonds is 3. The minimum atomic E-state index is 0.0497. The Morgan fingerprint density at radius 3 is 2.94 bits per heavy atom. The minimum Gasteiger partial charge on any atom is -0.300 e. The molecule has 2 aromatic heterocycles. The number of nitrogens with one attached hydrogen (secondary N) is 1. The van der Waals surface area contributed by atoms with Gasteiger partial charge >= 0.3 is 0 Å². The number of amides is 1. The standard InChI is InChI=1S/C11H10N4OS/c16-9(7-4-5-7)13-11-15-14-10(17-11)8-3-1-2-6-12-8/h1-3,6-7H,4-5H2,(H,13,15,16). The van der Waals surface area contributed by atoms with Gasteiger partial charge in [0, 0.05) is 12.1 Å². The zero-order chi connectivity index (χ0) is 11.7. The fraction of sp³-hybridized carbons (Fsp3) is 0.273. The molecule has 2 heterocycles. The summed E-state index contributed by atoms with van der Waals surface area (Å²) in [6, 6.07) is 5.61. The van der Waals surface area contributed by atoms with E-state index in [4.69, 9.17) is 0 Å². The molecular weight excluding hydrogens is 236 g/mol. The second kappa shape index (κ2) is 4.21. The zero-order valence-electron chi connectivity index (χ0n) is 8.96. The largest absolute Gasteiger partial charge is 0.300 e. The van der Waals surface area contributed by atoms with Gasteiger partial charge in [-0.1, -0.05) is 17.4 Å². The van der Waals surface area contributed by atoms with E-state index in [0.29, 0.717) is 5.13 Å². The van der Waals surface area contributed by atoms with E-state index in [1.54, 1.807) is 6.20 Å². The van der Waals surface area contributed by atoms with Gasteiger partial charge in [0.25, 0.3) is 0 Å². The summed E-state index contributed by atoms with van der Waals surface area (Å²) in [6.07, 6.45) is 3.68. The summed E-state index contributed by atoms with van der Waals surface area (Å²) in [5.74, 6) is 0.228. The SMILES string of the molecule is O=C(Nc1nnc(-c2ccccn2)s1)C1CC1. The van der Waals surface area contributed by atoms with Crippen LogP contribution >= 0.6 is 11.3 Å². The number of carbonyl (C=O) groups excluding carboxylic acids is 1. The van der Waals surface area contributed by atoms with E-state index in [9.17, 15) is 4.79 Å². The van der Waals surface area contributed by atoms with E-state index in [0.717, 1.165) is 23.5 Å². The van der Waals surface area contributed by atoms with Gasteiger partial charge in [-0.05, 0) is 25.0 Å². The maximum Gasteiger partial charge on any atom is 0.229 e. The van der Waals surface area contributed by atoms with Crippen molar-refractivity contribution in [3.8, 4) is 10.7 Å². The molecule has 1 fully saturated rings. The van der Waals surface area contributed by atoms with Gasteiger partial charge in [0.05, 0.1) is 0 Å². The number of pyridine rings is 1. The fourth-order valence-corrected chi connectivity index (χ4v) is 2.14. The van der Waals surface area contributed by atoms with E-state index < -0.39 is 0 Å². The molecule has 0 spiro atoms. The maximum absolute atomic E-state index is 11.5. The van der Waals surface area contributed by atoms with E-state index >= 15 is 0 Å². The highest BCUT2D eigenvalue weighted by molar-refractivity contribution is 7.18. The number of carbonyl (C=O) groups is 1. The average Bonchev–Trinajstić information content (AvgIpc) is 3.12. The molecule has 6 heteroatoms. The Kier molecular flexibility index (Phi) is 2.56. The molecule has 2 aromatic rings. The van der Waals surface area contributed by atoms with Gasteiger partial charge in [0.1, 0.15) is 5.69 Å². The highest BCUT2D eigenvalue weighted by Gasteiger charge is 2.30. The van der Waals surface area contributed by atoms with Crippen LogP contribution in [0.1, 0.15) is 12.8 Å². The molecule has 1 aliphatic carbocycles. The monoisotopic (exact) mass is 246 g/mol. The fourth-order valence-electron chi connectivity index (χ4n) is 1.42. The molecule has 1 aliphatic rings. The lowest BCUT2D eigenvalue weighted by Crippen LogP contribution is -2.12. The van der Waals surface area contributed by atoms with Crippen molar-refractivity contribution in [2.45, 2.75) is 12.8 Å². The maximum atomic E-state index is 11.5. The van der Waals surface area contributed by atoms with Crippen LogP contribution in [0.15, 0.2) is 24.4 Å². The highest BCUT2D eigenvalue weighted by Crippen LogP contribution is 2.31. The molecule has 1 saturated carbocycles. The van der Waals surface area contributed by atoms with Crippen LogP contribution in [-0.2, 0) is 4.79 Å². The third kappa shape index (κ3) is 2.31. The number of hydrogen-bond donors (Lipinski definition) is 1. The summed E-state index contributed by atoms with van der Waals surface area (Å²) in [5, 5.41) is 12.0. The lowest BCUT2D eigenvalue weighted by Gasteiger charge is -1.96. The van der Waals surface area contributed by atoms with Gasteiger partial charge in [0.2, 0.25) is 11.0 Å².